The minimum Gasteiger partial charge on any atom is -0.458 e. The standard InChI is InChI=1S/C49H65NO9/c1-9-10-19-34(5)47-37(8)45(54)36(7)29-31(2)28-35(6)44(53)33(4)26-27-40(30-41(51)32(3)20-17-18-25-42(52)59-47)58-49(57)46(55)43(38-21-13-11-14-22-38)50-48(56)39-23-15-12-16-24-39/h9-28,32-37,40-41,43-47,51,53-55H,1,29-30H2,2-8H3,(H,50,56)/b19-10-,20-17+,25-18-,27-26-,31-28-/t32-,33+,34+,35+,36+,37+,40-,41+,43+,44+,45-,46-,47+/m1/s1. The quantitative estimate of drug-likeness (QED) is 0.0988. The fourth-order valence-corrected chi connectivity index (χ4v) is 7.37. The van der Waals surface area contributed by atoms with E-state index in [1.165, 1.54) is 12.2 Å². The number of cyclic esters (lactones) is 1. The summed E-state index contributed by atoms with van der Waals surface area (Å²) in [5, 5.41) is 48.4. The van der Waals surface area contributed by atoms with E-state index in [1.807, 2.05) is 53.7 Å². The SMILES string of the molecule is C=C/C=C\[C@H](C)[C@@H]1OC(=O)/C=C\C=C\[C@@H](C)[C@@H](O)C[C@H](OC(=O)[C@H](O)[C@@H](NC(=O)c2ccccc2)c2ccccc2)/C=C\[C@H](C)[C@H](O)[C@@H](C)/C=C(/C)C[C@H](C)[C@@H](O)[C@@H]1C. The normalized spacial score (nSPS) is 32.0. The summed E-state index contributed by atoms with van der Waals surface area (Å²) < 4.78 is 11.8. The number of ether oxygens (including phenoxy) is 2. The van der Waals surface area contributed by atoms with Gasteiger partial charge in [-0.25, -0.2) is 9.59 Å². The Hall–Kier alpha value is -4.87. The molecule has 0 unspecified atom stereocenters. The van der Waals surface area contributed by atoms with E-state index in [2.05, 4.69) is 11.9 Å². The molecule has 1 heterocycles. The number of hydrogen-bond donors (Lipinski definition) is 5. The fourth-order valence-electron chi connectivity index (χ4n) is 7.37. The number of rotatable bonds is 9. The zero-order valence-electron chi connectivity index (χ0n) is 35.5. The molecule has 0 spiro atoms. The number of esters is 2. The first kappa shape index (κ1) is 48.5. The Labute approximate surface area is 350 Å². The van der Waals surface area contributed by atoms with Crippen molar-refractivity contribution < 1.29 is 44.3 Å². The molecule has 0 saturated carbocycles. The Morgan fingerprint density at radius 2 is 1.53 bits per heavy atom. The number of nitrogens with one attached hydrogen (secondary N) is 1. The summed E-state index contributed by atoms with van der Waals surface area (Å²) >= 11 is 0. The van der Waals surface area contributed by atoms with Gasteiger partial charge in [-0.3, -0.25) is 4.79 Å². The smallest absolute Gasteiger partial charge is 0.338 e. The van der Waals surface area contributed by atoms with E-state index in [-0.39, 0.29) is 24.2 Å². The van der Waals surface area contributed by atoms with Gasteiger partial charge in [0, 0.05) is 47.6 Å². The van der Waals surface area contributed by atoms with E-state index in [9.17, 15) is 34.8 Å². The van der Waals surface area contributed by atoms with Gasteiger partial charge < -0.3 is 35.2 Å². The van der Waals surface area contributed by atoms with Gasteiger partial charge in [0.25, 0.3) is 5.91 Å². The van der Waals surface area contributed by atoms with Crippen LogP contribution >= 0.6 is 0 Å². The summed E-state index contributed by atoms with van der Waals surface area (Å²) in [6, 6.07) is 15.9. The topological polar surface area (TPSA) is 163 Å². The molecule has 10 heteroatoms. The average molecular weight is 812 g/mol. The second-order valence-corrected chi connectivity index (χ2v) is 16.1. The van der Waals surface area contributed by atoms with Crippen LogP contribution in [0.4, 0.5) is 0 Å². The van der Waals surface area contributed by atoms with Crippen molar-refractivity contribution in [3.63, 3.8) is 0 Å². The molecular weight excluding hydrogens is 747 g/mol. The van der Waals surface area contributed by atoms with Crippen molar-refractivity contribution in [3.05, 3.63) is 145 Å². The van der Waals surface area contributed by atoms with Crippen LogP contribution in [0.1, 0.15) is 83.3 Å². The Morgan fingerprint density at radius 1 is 0.881 bits per heavy atom. The van der Waals surface area contributed by atoms with Gasteiger partial charge >= 0.3 is 11.9 Å². The molecule has 13 atom stereocenters. The molecule has 0 aliphatic carbocycles. The van der Waals surface area contributed by atoms with Gasteiger partial charge in [-0.05, 0) is 43.0 Å². The maximum absolute atomic E-state index is 13.7. The number of aliphatic hydroxyl groups excluding tert-OH is 4. The predicted molar refractivity (Wildman–Crippen MR) is 232 cm³/mol. The third-order valence-corrected chi connectivity index (χ3v) is 11.0. The molecule has 1 aliphatic heterocycles. The molecule has 5 N–H and O–H groups in total. The molecule has 2 aromatic rings. The van der Waals surface area contributed by atoms with Crippen LogP contribution in [-0.4, -0.2) is 74.9 Å². The minimum absolute atomic E-state index is 0.0636. The molecule has 0 saturated heterocycles. The first-order valence-electron chi connectivity index (χ1n) is 20.6. The van der Waals surface area contributed by atoms with Crippen LogP contribution in [-0.2, 0) is 19.1 Å². The Morgan fingerprint density at radius 3 is 2.17 bits per heavy atom. The van der Waals surface area contributed by atoms with Gasteiger partial charge in [0.1, 0.15) is 12.2 Å². The van der Waals surface area contributed by atoms with Gasteiger partial charge in [-0.15, -0.1) is 0 Å². The van der Waals surface area contributed by atoms with E-state index >= 15 is 0 Å². The summed E-state index contributed by atoms with van der Waals surface area (Å²) in [5.74, 6) is -4.09. The highest BCUT2D eigenvalue weighted by Crippen LogP contribution is 2.30. The van der Waals surface area contributed by atoms with Crippen LogP contribution in [0.2, 0.25) is 0 Å². The highest BCUT2D eigenvalue weighted by Gasteiger charge is 2.35. The second-order valence-electron chi connectivity index (χ2n) is 16.1. The largest absolute Gasteiger partial charge is 0.458 e. The van der Waals surface area contributed by atoms with Crippen molar-refractivity contribution in [1.29, 1.82) is 0 Å². The number of hydrogen-bond acceptors (Lipinski definition) is 9. The van der Waals surface area contributed by atoms with E-state index < -0.39 is 78.3 Å². The Kier molecular flexibility index (Phi) is 20.0. The zero-order chi connectivity index (χ0) is 43.6. The highest BCUT2D eigenvalue weighted by molar-refractivity contribution is 5.95. The molecule has 1 amide bonds. The van der Waals surface area contributed by atoms with Crippen molar-refractivity contribution in [3.8, 4) is 0 Å². The van der Waals surface area contributed by atoms with Crippen LogP contribution in [0.25, 0.3) is 0 Å². The van der Waals surface area contributed by atoms with E-state index in [0.717, 1.165) is 5.57 Å². The van der Waals surface area contributed by atoms with E-state index in [1.54, 1.807) is 104 Å². The summed E-state index contributed by atoms with van der Waals surface area (Å²) in [5.41, 5.74) is 1.80. The molecule has 320 valence electrons. The molecule has 1 aliphatic rings. The van der Waals surface area contributed by atoms with Crippen molar-refractivity contribution in [1.82, 2.24) is 5.32 Å². The Bertz CT molecular complexity index is 1780. The number of aliphatic hydroxyl groups is 4. The highest BCUT2D eigenvalue weighted by atomic mass is 16.6. The summed E-state index contributed by atoms with van der Waals surface area (Å²) in [6.07, 6.45) is 11.1. The van der Waals surface area contributed by atoms with Crippen LogP contribution in [0, 0.1) is 35.5 Å². The van der Waals surface area contributed by atoms with Crippen LogP contribution in [0.5, 0.6) is 0 Å². The molecule has 2 aromatic carbocycles. The van der Waals surface area contributed by atoms with E-state index in [4.69, 9.17) is 9.47 Å². The van der Waals surface area contributed by atoms with Gasteiger partial charge in [0.05, 0.1) is 24.4 Å². The van der Waals surface area contributed by atoms with Crippen molar-refractivity contribution in [2.45, 2.75) is 104 Å². The lowest BCUT2D eigenvalue weighted by Gasteiger charge is -2.33. The zero-order valence-corrected chi connectivity index (χ0v) is 35.5. The lowest BCUT2D eigenvalue weighted by Crippen LogP contribution is -2.42. The summed E-state index contributed by atoms with van der Waals surface area (Å²) in [6.45, 7) is 16.9. The molecule has 0 fully saturated rings. The number of carbonyl (C=O) groups excluding carboxylic acids is 3. The lowest BCUT2D eigenvalue weighted by atomic mass is 9.81. The lowest BCUT2D eigenvalue weighted by molar-refractivity contribution is -0.159. The molecule has 10 nitrogen and oxygen atoms in total. The number of benzene rings is 2. The molecule has 0 aromatic heterocycles. The van der Waals surface area contributed by atoms with Crippen LogP contribution in [0.15, 0.2) is 134 Å². The van der Waals surface area contributed by atoms with Gasteiger partial charge in [-0.2, -0.15) is 0 Å². The van der Waals surface area contributed by atoms with Gasteiger partial charge in [0.15, 0.2) is 6.10 Å². The summed E-state index contributed by atoms with van der Waals surface area (Å²) in [4.78, 5) is 40.0. The van der Waals surface area contributed by atoms with Crippen molar-refractivity contribution in [2.24, 2.45) is 35.5 Å². The van der Waals surface area contributed by atoms with E-state index in [0.29, 0.717) is 17.5 Å². The van der Waals surface area contributed by atoms with Gasteiger partial charge in [-0.1, -0.05) is 151 Å². The molecule has 0 bridgehead atoms. The maximum Gasteiger partial charge on any atom is 0.338 e. The predicted octanol–water partition coefficient (Wildman–Crippen LogP) is 7.39. The Balaban J connectivity index is 1.94. The number of carbonyl (C=O) groups is 3. The van der Waals surface area contributed by atoms with Crippen molar-refractivity contribution >= 4 is 17.8 Å². The number of amides is 1. The van der Waals surface area contributed by atoms with Crippen LogP contribution in [0.3, 0.4) is 0 Å². The fraction of sp³-hybridized carbons (Fsp3) is 0.449. The molecule has 0 radical (unpaired) electrons. The first-order chi connectivity index (χ1) is 28.0. The maximum atomic E-state index is 13.7. The minimum atomic E-state index is -1.81. The summed E-state index contributed by atoms with van der Waals surface area (Å²) in [7, 11) is 0. The second kappa shape index (κ2) is 24.3. The van der Waals surface area contributed by atoms with Crippen molar-refractivity contribution in [2.75, 3.05) is 0 Å². The average Bonchev–Trinajstić information content (AvgIpc) is 3.23. The number of allylic oxidation sites excluding steroid dienone is 5. The molecular formula is C49H65NO9. The van der Waals surface area contributed by atoms with Crippen LogP contribution < -0.4 is 5.32 Å². The third kappa shape index (κ3) is 15.3. The molecule has 59 heavy (non-hydrogen) atoms. The monoisotopic (exact) mass is 811 g/mol. The first-order valence-corrected chi connectivity index (χ1v) is 20.6. The van der Waals surface area contributed by atoms with Gasteiger partial charge in [0.2, 0.25) is 0 Å². The third-order valence-electron chi connectivity index (χ3n) is 11.0. The molecule has 3 rings (SSSR count).